The van der Waals surface area contributed by atoms with Gasteiger partial charge in [-0.2, -0.15) is 0 Å². The predicted molar refractivity (Wildman–Crippen MR) is 83.6 cm³/mol. The van der Waals surface area contributed by atoms with Crippen LogP contribution in [0.3, 0.4) is 0 Å². The molecule has 2 rings (SSSR count). The average molecular weight is 319 g/mol. The lowest BCUT2D eigenvalue weighted by Crippen LogP contribution is -2.09. The average Bonchev–Trinajstić information content (AvgIpc) is 2.53. The molecule has 114 valence electrons. The molecular weight excluding hydrogens is 304 g/mol. The minimum Gasteiger partial charge on any atom is -0.489 e. The molecule has 0 saturated heterocycles. The Bertz CT molecular complexity index is 692. The second kappa shape index (κ2) is 7.09. The van der Waals surface area contributed by atoms with Gasteiger partial charge in [-0.25, -0.2) is 4.79 Å². The highest BCUT2D eigenvalue weighted by Gasteiger charge is 2.16. The summed E-state index contributed by atoms with van der Waals surface area (Å²) in [5.74, 6) is -0.285. The Kier molecular flexibility index (Phi) is 5.17. The summed E-state index contributed by atoms with van der Waals surface area (Å²) >= 11 is 5.82. The number of Topliss-reactive ketones (excluding diaryl/α,β-unsaturated/α-hetero) is 1. The van der Waals surface area contributed by atoms with Gasteiger partial charge in [-0.1, -0.05) is 23.7 Å². The summed E-state index contributed by atoms with van der Waals surface area (Å²) in [4.78, 5) is 23.3. The number of ketones is 1. The molecule has 0 unspecified atom stereocenters. The first-order valence-electron chi connectivity index (χ1n) is 6.62. The van der Waals surface area contributed by atoms with Crippen molar-refractivity contribution in [3.8, 4) is 5.75 Å². The van der Waals surface area contributed by atoms with Crippen molar-refractivity contribution in [1.29, 1.82) is 0 Å². The van der Waals surface area contributed by atoms with Gasteiger partial charge in [-0.05, 0) is 42.8 Å². The molecule has 0 N–H and O–H groups in total. The van der Waals surface area contributed by atoms with Gasteiger partial charge in [-0.15, -0.1) is 0 Å². The van der Waals surface area contributed by atoms with E-state index in [2.05, 4.69) is 0 Å². The first-order chi connectivity index (χ1) is 10.5. The van der Waals surface area contributed by atoms with Crippen LogP contribution in [0.2, 0.25) is 5.02 Å². The Morgan fingerprint density at radius 1 is 1.05 bits per heavy atom. The quantitative estimate of drug-likeness (QED) is 0.619. The maximum Gasteiger partial charge on any atom is 0.338 e. The van der Waals surface area contributed by atoms with Gasteiger partial charge >= 0.3 is 5.97 Å². The molecule has 0 aliphatic carbocycles. The van der Waals surface area contributed by atoms with Gasteiger partial charge in [0.15, 0.2) is 5.78 Å². The number of methoxy groups -OCH3 is 1. The Morgan fingerprint density at radius 3 is 2.32 bits per heavy atom. The third-order valence-electron chi connectivity index (χ3n) is 3.09. The second-order valence-electron chi connectivity index (χ2n) is 4.67. The Morgan fingerprint density at radius 2 is 1.73 bits per heavy atom. The lowest BCUT2D eigenvalue weighted by atomic mass is 10.0. The minimum atomic E-state index is -0.567. The highest BCUT2D eigenvalue weighted by molar-refractivity contribution is 6.30. The van der Waals surface area contributed by atoms with Crippen LogP contribution in [0.25, 0.3) is 0 Å². The minimum absolute atomic E-state index is 0.198. The molecule has 2 aromatic rings. The molecule has 4 nitrogen and oxygen atoms in total. The molecule has 0 aromatic heterocycles. The van der Waals surface area contributed by atoms with Gasteiger partial charge in [0.05, 0.1) is 12.7 Å². The summed E-state index contributed by atoms with van der Waals surface area (Å²) in [6.45, 7) is 1.73. The van der Waals surface area contributed by atoms with Crippen LogP contribution in [0.1, 0.15) is 33.2 Å². The number of ether oxygens (including phenoxy) is 2. The Labute approximate surface area is 133 Å². The van der Waals surface area contributed by atoms with E-state index >= 15 is 0 Å². The van der Waals surface area contributed by atoms with Crippen LogP contribution in [0.4, 0.5) is 0 Å². The molecule has 0 fully saturated rings. The molecule has 2 aromatic carbocycles. The van der Waals surface area contributed by atoms with Gasteiger partial charge in [0.25, 0.3) is 0 Å². The summed E-state index contributed by atoms with van der Waals surface area (Å²) < 4.78 is 10.3. The predicted octanol–water partition coefficient (Wildman–Crippen LogP) is 3.91. The number of hydrogen-bond donors (Lipinski definition) is 0. The SMILES string of the molecule is COC(=O)c1cc(OCc2ccc(Cl)cc2)ccc1C(C)=O. The molecule has 0 radical (unpaired) electrons. The van der Waals surface area contributed by atoms with Gasteiger partial charge in [0, 0.05) is 10.6 Å². The van der Waals surface area contributed by atoms with Crippen LogP contribution in [-0.2, 0) is 11.3 Å². The zero-order chi connectivity index (χ0) is 16.1. The molecule has 0 amide bonds. The molecule has 0 aliphatic rings. The van der Waals surface area contributed by atoms with Crippen LogP contribution in [0.15, 0.2) is 42.5 Å². The van der Waals surface area contributed by atoms with Crippen molar-refractivity contribution in [2.75, 3.05) is 7.11 Å². The van der Waals surface area contributed by atoms with E-state index in [1.807, 2.05) is 12.1 Å². The molecular formula is C17H15ClO4. The van der Waals surface area contributed by atoms with Crippen molar-refractivity contribution in [2.45, 2.75) is 13.5 Å². The van der Waals surface area contributed by atoms with Crippen molar-refractivity contribution in [3.63, 3.8) is 0 Å². The highest BCUT2D eigenvalue weighted by atomic mass is 35.5. The molecule has 0 atom stereocenters. The zero-order valence-corrected chi connectivity index (χ0v) is 13.0. The van der Waals surface area contributed by atoms with E-state index in [0.717, 1.165) is 5.56 Å². The number of carbonyl (C=O) groups excluding carboxylic acids is 2. The van der Waals surface area contributed by atoms with Crippen LogP contribution in [0.5, 0.6) is 5.75 Å². The van der Waals surface area contributed by atoms with Crippen molar-refractivity contribution >= 4 is 23.4 Å². The topological polar surface area (TPSA) is 52.6 Å². The number of carbonyl (C=O) groups is 2. The fourth-order valence-electron chi connectivity index (χ4n) is 1.95. The van der Waals surface area contributed by atoms with Crippen LogP contribution < -0.4 is 4.74 Å². The van der Waals surface area contributed by atoms with Gasteiger partial charge in [0.1, 0.15) is 12.4 Å². The van der Waals surface area contributed by atoms with Crippen LogP contribution >= 0.6 is 11.6 Å². The molecule has 0 heterocycles. The Balaban J connectivity index is 2.19. The lowest BCUT2D eigenvalue weighted by Gasteiger charge is -2.10. The Hall–Kier alpha value is -2.33. The van der Waals surface area contributed by atoms with Gasteiger partial charge in [-0.3, -0.25) is 4.79 Å². The zero-order valence-electron chi connectivity index (χ0n) is 12.3. The maximum atomic E-state index is 11.8. The summed E-state index contributed by atoms with van der Waals surface area (Å²) in [5.41, 5.74) is 1.45. The number of benzene rings is 2. The molecule has 0 bridgehead atoms. The van der Waals surface area contributed by atoms with Crippen molar-refractivity contribution in [3.05, 3.63) is 64.2 Å². The molecule has 22 heavy (non-hydrogen) atoms. The third-order valence-corrected chi connectivity index (χ3v) is 3.35. The summed E-state index contributed by atoms with van der Waals surface area (Å²) in [6, 6.07) is 12.0. The van der Waals surface area contributed by atoms with E-state index in [0.29, 0.717) is 22.9 Å². The van der Waals surface area contributed by atoms with E-state index in [-0.39, 0.29) is 11.3 Å². The number of rotatable bonds is 5. The third kappa shape index (κ3) is 3.86. The molecule has 0 aliphatic heterocycles. The van der Waals surface area contributed by atoms with E-state index in [1.54, 1.807) is 24.3 Å². The highest BCUT2D eigenvalue weighted by Crippen LogP contribution is 2.21. The summed E-state index contributed by atoms with van der Waals surface area (Å²) in [7, 11) is 1.27. The summed E-state index contributed by atoms with van der Waals surface area (Å²) in [6.07, 6.45) is 0. The standard InChI is InChI=1S/C17H15ClO4/c1-11(19)15-8-7-14(9-16(15)17(20)21-2)22-10-12-3-5-13(18)6-4-12/h3-9H,10H2,1-2H3. The normalized spacial score (nSPS) is 10.1. The van der Waals surface area contributed by atoms with E-state index in [1.165, 1.54) is 20.1 Å². The first-order valence-corrected chi connectivity index (χ1v) is 6.99. The number of halogens is 1. The lowest BCUT2D eigenvalue weighted by molar-refractivity contribution is 0.0596. The van der Waals surface area contributed by atoms with Crippen molar-refractivity contribution < 1.29 is 19.1 Å². The fourth-order valence-corrected chi connectivity index (χ4v) is 2.07. The smallest absolute Gasteiger partial charge is 0.338 e. The monoisotopic (exact) mass is 318 g/mol. The number of hydrogen-bond acceptors (Lipinski definition) is 4. The fraction of sp³-hybridized carbons (Fsp3) is 0.176. The van der Waals surface area contributed by atoms with Gasteiger partial charge in [0.2, 0.25) is 0 Å². The van der Waals surface area contributed by atoms with Crippen LogP contribution in [0, 0.1) is 0 Å². The van der Waals surface area contributed by atoms with E-state index < -0.39 is 5.97 Å². The maximum absolute atomic E-state index is 11.8. The first kappa shape index (κ1) is 16.0. The second-order valence-corrected chi connectivity index (χ2v) is 5.11. The largest absolute Gasteiger partial charge is 0.489 e. The van der Waals surface area contributed by atoms with E-state index in [9.17, 15) is 9.59 Å². The van der Waals surface area contributed by atoms with Crippen molar-refractivity contribution in [1.82, 2.24) is 0 Å². The van der Waals surface area contributed by atoms with E-state index in [4.69, 9.17) is 21.1 Å². The van der Waals surface area contributed by atoms with Crippen molar-refractivity contribution in [2.24, 2.45) is 0 Å². The number of esters is 1. The van der Waals surface area contributed by atoms with Crippen LogP contribution in [-0.4, -0.2) is 18.9 Å². The summed E-state index contributed by atoms with van der Waals surface area (Å²) in [5, 5.41) is 0.655. The molecule has 0 saturated carbocycles. The molecule has 5 heteroatoms. The molecule has 0 spiro atoms. The van der Waals surface area contributed by atoms with Gasteiger partial charge < -0.3 is 9.47 Å².